The van der Waals surface area contributed by atoms with Crippen molar-refractivity contribution in [1.82, 2.24) is 0 Å². The van der Waals surface area contributed by atoms with Crippen LogP contribution in [0.4, 0.5) is 0 Å². The van der Waals surface area contributed by atoms with Crippen molar-refractivity contribution >= 4 is 17.6 Å². The number of thiophene rings is 1. The van der Waals surface area contributed by atoms with E-state index in [1.165, 1.54) is 11.8 Å². The van der Waals surface area contributed by atoms with Crippen LogP contribution in [0.25, 0.3) is 0 Å². The molecule has 0 atom stereocenters. The molecular weight excluding hydrogens is 134 g/mol. The maximum Gasteiger partial charge on any atom is 0.0833 e. The van der Waals surface area contributed by atoms with Crippen molar-refractivity contribution in [2.45, 2.75) is 6.92 Å². The fourth-order valence-electron chi connectivity index (χ4n) is 0.578. The van der Waals surface area contributed by atoms with Gasteiger partial charge in [0.25, 0.3) is 0 Å². The summed E-state index contributed by atoms with van der Waals surface area (Å²) in [5.41, 5.74) is 1.20. The van der Waals surface area contributed by atoms with Crippen molar-refractivity contribution in [2.75, 3.05) is 0 Å². The smallest absolute Gasteiger partial charge is 0.0833 e. The third-order valence-corrected chi connectivity index (χ3v) is 1.92. The normalized spacial score (nSPS) is 10.8. The van der Waals surface area contributed by atoms with Gasteiger partial charge in [0, 0.05) is 4.88 Å². The van der Waals surface area contributed by atoms with Crippen LogP contribution in [-0.4, -0.2) is 11.4 Å². The van der Waals surface area contributed by atoms with Crippen LogP contribution in [0.2, 0.25) is 0 Å². The zero-order chi connectivity index (χ0) is 6.69. The van der Waals surface area contributed by atoms with Gasteiger partial charge < -0.3 is 5.21 Å². The van der Waals surface area contributed by atoms with Gasteiger partial charge >= 0.3 is 0 Å². The summed E-state index contributed by atoms with van der Waals surface area (Å²) >= 11 is 1.56. The lowest BCUT2D eigenvalue weighted by molar-refractivity contribution is 0.322. The van der Waals surface area contributed by atoms with Gasteiger partial charge in [-0.3, -0.25) is 0 Å². The summed E-state index contributed by atoms with van der Waals surface area (Å²) in [6, 6.07) is 1.96. The predicted molar refractivity (Wildman–Crippen MR) is 38.4 cm³/mol. The highest BCUT2D eigenvalue weighted by Gasteiger charge is 1.89. The van der Waals surface area contributed by atoms with Crippen molar-refractivity contribution in [2.24, 2.45) is 5.16 Å². The average molecular weight is 141 g/mol. The van der Waals surface area contributed by atoms with Crippen LogP contribution in [0.15, 0.2) is 16.6 Å². The second kappa shape index (κ2) is 2.64. The van der Waals surface area contributed by atoms with Gasteiger partial charge in [-0.2, -0.15) is 0 Å². The van der Waals surface area contributed by atoms with Gasteiger partial charge in [0.1, 0.15) is 0 Å². The summed E-state index contributed by atoms with van der Waals surface area (Å²) < 4.78 is 0. The largest absolute Gasteiger partial charge is 0.411 e. The Labute approximate surface area is 57.4 Å². The van der Waals surface area contributed by atoms with Crippen molar-refractivity contribution in [3.05, 3.63) is 21.9 Å². The van der Waals surface area contributed by atoms with E-state index in [1.807, 2.05) is 18.4 Å². The van der Waals surface area contributed by atoms with Crippen LogP contribution in [-0.2, 0) is 0 Å². The lowest BCUT2D eigenvalue weighted by atomic mass is 10.3. The topological polar surface area (TPSA) is 32.6 Å². The summed E-state index contributed by atoms with van der Waals surface area (Å²) in [6.45, 7) is 2.01. The van der Waals surface area contributed by atoms with Crippen molar-refractivity contribution in [3.63, 3.8) is 0 Å². The number of oxime groups is 1. The van der Waals surface area contributed by atoms with Crippen LogP contribution >= 0.6 is 11.3 Å². The second-order valence-electron chi connectivity index (χ2n) is 1.77. The summed E-state index contributed by atoms with van der Waals surface area (Å²) in [4.78, 5) is 0.981. The van der Waals surface area contributed by atoms with Gasteiger partial charge in [0.15, 0.2) is 0 Å². The first-order chi connectivity index (χ1) is 4.33. The van der Waals surface area contributed by atoms with Crippen molar-refractivity contribution in [1.29, 1.82) is 0 Å². The van der Waals surface area contributed by atoms with Crippen LogP contribution in [0, 0.1) is 6.92 Å². The zero-order valence-corrected chi connectivity index (χ0v) is 5.85. The lowest BCUT2D eigenvalue weighted by Gasteiger charge is -1.75. The fourth-order valence-corrected chi connectivity index (χ4v) is 1.33. The summed E-state index contributed by atoms with van der Waals surface area (Å²) in [5, 5.41) is 13.0. The molecule has 0 bridgehead atoms. The van der Waals surface area contributed by atoms with Crippen LogP contribution in [0.3, 0.4) is 0 Å². The van der Waals surface area contributed by atoms with E-state index < -0.39 is 0 Å². The molecule has 1 aromatic heterocycles. The lowest BCUT2D eigenvalue weighted by Crippen LogP contribution is -1.69. The summed E-state index contributed by atoms with van der Waals surface area (Å²) in [6.07, 6.45) is 1.43. The van der Waals surface area contributed by atoms with Gasteiger partial charge in [-0.15, -0.1) is 11.3 Å². The molecule has 0 radical (unpaired) electrons. The molecule has 0 unspecified atom stereocenters. The molecule has 1 aromatic rings. The number of rotatable bonds is 1. The molecule has 0 aromatic carbocycles. The minimum atomic E-state index is 0.981. The number of hydrogen-bond acceptors (Lipinski definition) is 3. The van der Waals surface area contributed by atoms with E-state index in [1.54, 1.807) is 11.3 Å². The molecule has 0 aliphatic rings. The van der Waals surface area contributed by atoms with Gasteiger partial charge in [-0.25, -0.2) is 0 Å². The van der Waals surface area contributed by atoms with E-state index >= 15 is 0 Å². The molecule has 0 aliphatic heterocycles. The highest BCUT2D eigenvalue weighted by atomic mass is 32.1. The minimum absolute atomic E-state index is 0.981. The number of hydrogen-bond donors (Lipinski definition) is 1. The molecule has 9 heavy (non-hydrogen) atoms. The van der Waals surface area contributed by atoms with E-state index in [0.29, 0.717) is 0 Å². The minimum Gasteiger partial charge on any atom is -0.411 e. The second-order valence-corrected chi connectivity index (χ2v) is 2.71. The molecule has 0 saturated heterocycles. The first kappa shape index (κ1) is 6.29. The van der Waals surface area contributed by atoms with E-state index in [9.17, 15) is 0 Å². The third kappa shape index (κ3) is 1.54. The molecule has 48 valence electrons. The molecule has 0 fully saturated rings. The summed E-state index contributed by atoms with van der Waals surface area (Å²) in [5.74, 6) is 0. The van der Waals surface area contributed by atoms with E-state index in [4.69, 9.17) is 5.21 Å². The monoisotopic (exact) mass is 141 g/mol. The Morgan fingerprint density at radius 2 is 2.56 bits per heavy atom. The molecular formula is C6H7NOS. The van der Waals surface area contributed by atoms with Crippen molar-refractivity contribution < 1.29 is 5.21 Å². The van der Waals surface area contributed by atoms with Gasteiger partial charge in [0.2, 0.25) is 0 Å². The van der Waals surface area contributed by atoms with E-state index in [2.05, 4.69) is 5.16 Å². The highest BCUT2D eigenvalue weighted by Crippen LogP contribution is 2.10. The molecule has 1 heterocycles. The first-order valence-electron chi connectivity index (χ1n) is 2.55. The Morgan fingerprint density at radius 1 is 1.78 bits per heavy atom. The molecule has 3 heteroatoms. The third-order valence-electron chi connectivity index (χ3n) is 0.936. The zero-order valence-electron chi connectivity index (χ0n) is 5.03. The average Bonchev–Trinajstić information content (AvgIpc) is 2.17. The Balaban J connectivity index is 2.85. The molecule has 0 amide bonds. The van der Waals surface area contributed by atoms with Crippen molar-refractivity contribution in [3.8, 4) is 0 Å². The predicted octanol–water partition coefficient (Wildman–Crippen LogP) is 1.86. The highest BCUT2D eigenvalue weighted by molar-refractivity contribution is 7.11. The van der Waals surface area contributed by atoms with Gasteiger partial charge in [-0.1, -0.05) is 5.16 Å². The van der Waals surface area contributed by atoms with E-state index in [0.717, 1.165) is 4.88 Å². The molecule has 0 aliphatic carbocycles. The Hall–Kier alpha value is -0.830. The molecule has 1 N–H and O–H groups in total. The summed E-state index contributed by atoms with van der Waals surface area (Å²) in [7, 11) is 0. The maximum atomic E-state index is 8.11. The van der Waals surface area contributed by atoms with Gasteiger partial charge in [0.05, 0.1) is 6.21 Å². The Morgan fingerprint density at radius 3 is 3.00 bits per heavy atom. The Bertz CT molecular complexity index is 217. The fraction of sp³-hybridized carbons (Fsp3) is 0.167. The first-order valence-corrected chi connectivity index (χ1v) is 3.43. The molecule has 0 spiro atoms. The standard InChI is InChI=1S/C6H7NOS/c1-5-2-6(3-7-8)9-4-5/h2-4,8H,1H3. The Kier molecular flexibility index (Phi) is 1.85. The molecule has 0 saturated carbocycles. The number of aryl methyl sites for hydroxylation is 1. The molecule has 1 rings (SSSR count). The SMILES string of the molecule is Cc1csc(C=NO)c1. The van der Waals surface area contributed by atoms with E-state index in [-0.39, 0.29) is 0 Å². The maximum absolute atomic E-state index is 8.11. The molecule has 2 nitrogen and oxygen atoms in total. The van der Waals surface area contributed by atoms with Crippen LogP contribution < -0.4 is 0 Å². The van der Waals surface area contributed by atoms with Crippen LogP contribution in [0.5, 0.6) is 0 Å². The van der Waals surface area contributed by atoms with Gasteiger partial charge in [-0.05, 0) is 23.9 Å². The van der Waals surface area contributed by atoms with Crippen LogP contribution in [0.1, 0.15) is 10.4 Å². The quantitative estimate of drug-likeness (QED) is 0.361. The number of nitrogens with zero attached hydrogens (tertiary/aromatic N) is 1.